The highest BCUT2D eigenvalue weighted by Crippen LogP contribution is 2.35. The molecule has 44 heavy (non-hydrogen) atoms. The summed E-state index contributed by atoms with van der Waals surface area (Å²) >= 11 is 4.62. The van der Waals surface area contributed by atoms with E-state index in [4.69, 9.17) is 0 Å². The smallest absolute Gasteiger partial charge is 0.328 e. The molecule has 0 radical (unpaired) electrons. The Bertz CT molecular complexity index is 1650. The molecular formula is C33H40N4O6S. The molecule has 2 aliphatic heterocycles. The monoisotopic (exact) mass is 620 g/mol. The summed E-state index contributed by atoms with van der Waals surface area (Å²) in [6.07, 6.45) is 6.11. The molecule has 0 spiro atoms. The second-order valence-corrected chi connectivity index (χ2v) is 12.4. The van der Waals surface area contributed by atoms with Crippen LogP contribution in [0.2, 0.25) is 0 Å². The lowest BCUT2D eigenvalue weighted by atomic mass is 9.91. The topological polar surface area (TPSA) is 165 Å². The molecule has 2 aromatic heterocycles. The molecule has 1 saturated heterocycles. The number of aliphatic carboxylic acids is 2. The summed E-state index contributed by atoms with van der Waals surface area (Å²) in [6, 6.07) is 0. The van der Waals surface area contributed by atoms with Gasteiger partial charge in [0, 0.05) is 76.5 Å². The first-order valence-corrected chi connectivity index (χ1v) is 15.3. The number of H-pyrrole nitrogens is 2. The van der Waals surface area contributed by atoms with Crippen LogP contribution in [0.3, 0.4) is 0 Å². The molecule has 3 atom stereocenters. The molecule has 5 N–H and O–H groups in total. The Labute approximate surface area is 262 Å². The number of amides is 2. The number of carbonyl (C=O) groups is 4. The summed E-state index contributed by atoms with van der Waals surface area (Å²) in [5.41, 5.74) is 9.44. The number of carbonyl (C=O) groups excluding carboxylic acids is 2. The zero-order chi connectivity index (χ0) is 32.5. The van der Waals surface area contributed by atoms with Crippen LogP contribution in [0.15, 0.2) is 27.9 Å². The number of aromatic amines is 2. The van der Waals surface area contributed by atoms with Gasteiger partial charge in [0.05, 0.1) is 5.71 Å². The Balaban J connectivity index is 1.78. The first kappa shape index (κ1) is 32.8. The van der Waals surface area contributed by atoms with Gasteiger partial charge in [-0.2, -0.15) is 12.6 Å². The molecule has 4 heterocycles. The molecular weight excluding hydrogens is 580 g/mol. The number of allylic oxidation sites excluding steroid dienone is 2. The Morgan fingerprint density at radius 1 is 1.05 bits per heavy atom. The van der Waals surface area contributed by atoms with Gasteiger partial charge in [0.2, 0.25) is 5.91 Å². The van der Waals surface area contributed by atoms with Gasteiger partial charge in [-0.25, -0.2) is 9.79 Å². The number of thiol groups is 1. The van der Waals surface area contributed by atoms with Gasteiger partial charge < -0.3 is 25.5 Å². The van der Waals surface area contributed by atoms with Crippen molar-refractivity contribution in [3.8, 4) is 0 Å². The van der Waals surface area contributed by atoms with Crippen LogP contribution in [0.1, 0.15) is 85.6 Å². The molecule has 4 rings (SSSR count). The molecule has 2 aliphatic rings. The molecule has 0 bridgehead atoms. The van der Waals surface area contributed by atoms with Crippen molar-refractivity contribution in [3.63, 3.8) is 0 Å². The zero-order valence-corrected chi connectivity index (χ0v) is 26.8. The second kappa shape index (κ2) is 13.3. The quantitative estimate of drug-likeness (QED) is 0.145. The Kier molecular flexibility index (Phi) is 9.88. The van der Waals surface area contributed by atoms with Crippen LogP contribution in [-0.2, 0) is 38.4 Å². The molecule has 0 aliphatic carbocycles. The minimum atomic E-state index is -1.08. The van der Waals surface area contributed by atoms with Crippen molar-refractivity contribution in [3.05, 3.63) is 67.9 Å². The van der Waals surface area contributed by atoms with Crippen molar-refractivity contribution in [1.82, 2.24) is 15.3 Å². The first-order chi connectivity index (χ1) is 20.7. The van der Waals surface area contributed by atoms with Crippen LogP contribution in [0.5, 0.6) is 0 Å². The lowest BCUT2D eigenvalue weighted by Crippen LogP contribution is -2.19. The van der Waals surface area contributed by atoms with Crippen molar-refractivity contribution in [2.45, 2.75) is 78.9 Å². The molecule has 11 heteroatoms. The third-order valence-electron chi connectivity index (χ3n) is 8.80. The Morgan fingerprint density at radius 2 is 1.75 bits per heavy atom. The fourth-order valence-electron chi connectivity index (χ4n) is 6.30. The van der Waals surface area contributed by atoms with Crippen molar-refractivity contribution in [2.24, 2.45) is 16.8 Å². The summed E-state index contributed by atoms with van der Waals surface area (Å²) in [5, 5.41) is 21.8. The van der Waals surface area contributed by atoms with Crippen molar-refractivity contribution in [2.75, 3.05) is 0 Å². The average molecular weight is 621 g/mol. The van der Waals surface area contributed by atoms with Crippen LogP contribution in [-0.4, -0.2) is 54.9 Å². The van der Waals surface area contributed by atoms with E-state index in [9.17, 15) is 29.4 Å². The van der Waals surface area contributed by atoms with Gasteiger partial charge in [0.15, 0.2) is 0 Å². The molecule has 0 aromatic carbocycles. The zero-order valence-electron chi connectivity index (χ0n) is 25.9. The van der Waals surface area contributed by atoms with Gasteiger partial charge in [0.25, 0.3) is 5.91 Å². The maximum absolute atomic E-state index is 12.5. The first-order valence-electron chi connectivity index (χ1n) is 14.8. The van der Waals surface area contributed by atoms with E-state index in [2.05, 4.69) is 32.9 Å². The number of carboxylic acid groups (broad SMARTS) is 2. The summed E-state index contributed by atoms with van der Waals surface area (Å²) in [7, 11) is 0. The number of rotatable bonds is 12. The van der Waals surface area contributed by atoms with E-state index in [-0.39, 0.29) is 35.3 Å². The number of nitrogens with one attached hydrogen (secondary N) is 3. The maximum atomic E-state index is 12.5. The number of aromatic nitrogens is 2. The molecule has 234 valence electrons. The third-order valence-corrected chi connectivity index (χ3v) is 9.12. The van der Waals surface area contributed by atoms with E-state index in [1.165, 1.54) is 0 Å². The third kappa shape index (κ3) is 6.67. The molecule has 0 saturated carbocycles. The fraction of sp³-hybridized carbons (Fsp3) is 0.424. The summed E-state index contributed by atoms with van der Waals surface area (Å²) in [4.78, 5) is 59.1. The standard InChI is InChI=1S/C33H40N4O6S/c1-7-20-15(2)25(36-33(20)43)12-23-16(3)21(8-10-29(38)39)26(34-23)14-27-22(9-11-30(40)41)17(4)24(35-27)13-28-31(19(6)44)18(5)32(42)37-28/h9,11,13,18-19,31,34-35,44H,7-8,10,12,14H2,1-6H3,(H,37,42)(H,38,39)(H,40,41)/b11-9+,28-13-/t18-,19-,31+/m1/s1. The van der Waals surface area contributed by atoms with Crippen LogP contribution in [0, 0.1) is 25.7 Å². The number of nitrogens with zero attached hydrogens (tertiary/aromatic N) is 1. The van der Waals surface area contributed by atoms with Crippen molar-refractivity contribution in [1.29, 1.82) is 0 Å². The fourth-order valence-corrected chi connectivity index (χ4v) is 6.71. The average Bonchev–Trinajstić information content (AvgIpc) is 3.59. The maximum Gasteiger partial charge on any atom is 0.328 e. The SMILES string of the molecule is CCC1=C(C)C(Cc2[nH]c(Cc3[nH]c(/C=C4\NC(=O)[C@H](C)[C@H]4[C@@H](C)S)c(C)c3/C=C/C(=O)O)c(CCC(=O)O)c2C)=NC1=O. The van der Waals surface area contributed by atoms with E-state index >= 15 is 0 Å². The van der Waals surface area contributed by atoms with Crippen molar-refractivity contribution < 1.29 is 29.4 Å². The van der Waals surface area contributed by atoms with Gasteiger partial charge in [-0.3, -0.25) is 14.4 Å². The van der Waals surface area contributed by atoms with Crippen LogP contribution < -0.4 is 5.32 Å². The minimum Gasteiger partial charge on any atom is -0.481 e. The number of hydrogen-bond donors (Lipinski definition) is 6. The van der Waals surface area contributed by atoms with E-state index in [0.717, 1.165) is 56.8 Å². The Hall–Kier alpha value is -4.12. The summed E-state index contributed by atoms with van der Waals surface area (Å²) in [6.45, 7) is 11.5. The lowest BCUT2D eigenvalue weighted by Gasteiger charge is -2.17. The van der Waals surface area contributed by atoms with E-state index < -0.39 is 11.9 Å². The second-order valence-electron chi connectivity index (χ2n) is 11.6. The molecule has 1 fully saturated rings. The lowest BCUT2D eigenvalue weighted by molar-refractivity contribution is -0.137. The largest absolute Gasteiger partial charge is 0.481 e. The molecule has 2 amide bonds. The van der Waals surface area contributed by atoms with Gasteiger partial charge >= 0.3 is 11.9 Å². The van der Waals surface area contributed by atoms with Crippen LogP contribution in [0.4, 0.5) is 0 Å². The van der Waals surface area contributed by atoms with Crippen LogP contribution >= 0.6 is 12.6 Å². The van der Waals surface area contributed by atoms with Gasteiger partial charge in [-0.1, -0.05) is 20.8 Å². The highest BCUT2D eigenvalue weighted by atomic mass is 32.1. The minimum absolute atomic E-state index is 0.0580. The van der Waals surface area contributed by atoms with Gasteiger partial charge in [0.1, 0.15) is 0 Å². The van der Waals surface area contributed by atoms with E-state index in [1.54, 1.807) is 6.08 Å². The summed E-state index contributed by atoms with van der Waals surface area (Å²) < 4.78 is 0. The highest BCUT2D eigenvalue weighted by molar-refractivity contribution is 7.80. The summed E-state index contributed by atoms with van der Waals surface area (Å²) in [5.74, 6) is -2.62. The van der Waals surface area contributed by atoms with Crippen LogP contribution in [0.25, 0.3) is 12.2 Å². The van der Waals surface area contributed by atoms with Crippen molar-refractivity contribution >= 4 is 54.2 Å². The molecule has 0 unspecified atom stereocenters. The number of carboxylic acids is 2. The normalized spacial score (nSPS) is 20.2. The Morgan fingerprint density at radius 3 is 2.34 bits per heavy atom. The predicted molar refractivity (Wildman–Crippen MR) is 173 cm³/mol. The molecule has 2 aromatic rings. The van der Waals surface area contributed by atoms with E-state index in [0.29, 0.717) is 42.5 Å². The van der Waals surface area contributed by atoms with E-state index in [1.807, 2.05) is 47.6 Å². The number of aliphatic imine (C=N–C) groups is 1. The predicted octanol–water partition coefficient (Wildman–Crippen LogP) is 4.96. The highest BCUT2D eigenvalue weighted by Gasteiger charge is 2.37. The number of hydrogen-bond acceptors (Lipinski definition) is 5. The molecule has 10 nitrogen and oxygen atoms in total. The van der Waals surface area contributed by atoms with Gasteiger partial charge in [-0.05, 0) is 73.6 Å². The van der Waals surface area contributed by atoms with Gasteiger partial charge in [-0.15, -0.1) is 0 Å².